The summed E-state index contributed by atoms with van der Waals surface area (Å²) >= 11 is 1.55. The molecule has 11 heteroatoms. The second-order valence-electron chi connectivity index (χ2n) is 12.2. The molecule has 1 amide bonds. The van der Waals surface area contributed by atoms with Gasteiger partial charge in [-0.25, -0.2) is 14.8 Å². The third-order valence-electron chi connectivity index (χ3n) is 8.19. The van der Waals surface area contributed by atoms with Crippen LogP contribution in [0.2, 0.25) is 0 Å². The number of hydrogen-bond acceptors (Lipinski definition) is 8. The first-order chi connectivity index (χ1) is 22.3. The molecule has 1 fully saturated rings. The fraction of sp³-hybridized carbons (Fsp3) is 0.371. The summed E-state index contributed by atoms with van der Waals surface area (Å²) in [5.74, 6) is 0.141. The first-order valence-electron chi connectivity index (χ1n) is 15.8. The highest BCUT2D eigenvalue weighted by molar-refractivity contribution is 7.13. The number of anilines is 1. The van der Waals surface area contributed by atoms with Crippen LogP contribution in [0.15, 0.2) is 70.9 Å². The fourth-order valence-electron chi connectivity index (χ4n) is 6.10. The van der Waals surface area contributed by atoms with E-state index in [1.54, 1.807) is 36.0 Å². The Hall–Kier alpha value is -4.64. The maximum absolute atomic E-state index is 13.8. The summed E-state index contributed by atoms with van der Waals surface area (Å²) in [5, 5.41) is 18.4. The van der Waals surface area contributed by atoms with Gasteiger partial charge in [-0.2, -0.15) is 0 Å². The van der Waals surface area contributed by atoms with Crippen LogP contribution >= 0.6 is 11.3 Å². The number of aromatic nitrogens is 3. The number of rotatable bonds is 13. The largest absolute Gasteiger partial charge is 0.482 e. The molecule has 3 aromatic heterocycles. The number of fused-ring (bicyclic) bond motifs is 1. The normalized spacial score (nSPS) is 14.4. The van der Waals surface area contributed by atoms with Gasteiger partial charge in [0.25, 0.3) is 5.91 Å². The van der Waals surface area contributed by atoms with Crippen LogP contribution in [0.3, 0.4) is 0 Å². The Bertz CT molecular complexity index is 1770. The molecule has 0 radical (unpaired) electrons. The molecule has 1 aliphatic carbocycles. The summed E-state index contributed by atoms with van der Waals surface area (Å²) in [6, 6.07) is 15.4. The Morgan fingerprint density at radius 3 is 2.59 bits per heavy atom. The molecule has 1 aliphatic rings. The number of nitrogens with zero attached hydrogens (tertiary/aromatic N) is 3. The van der Waals surface area contributed by atoms with Gasteiger partial charge in [-0.1, -0.05) is 31.4 Å². The lowest BCUT2D eigenvalue weighted by atomic mass is 9.95. The van der Waals surface area contributed by atoms with Crippen LogP contribution in [0.5, 0.6) is 5.75 Å². The first-order valence-corrected chi connectivity index (χ1v) is 16.7. The quantitative estimate of drug-likeness (QED) is 0.124. The summed E-state index contributed by atoms with van der Waals surface area (Å²) in [7, 11) is 0. The number of ether oxygens (including phenoxy) is 1. The maximum Gasteiger partial charge on any atom is 0.341 e. The van der Waals surface area contributed by atoms with Gasteiger partial charge < -0.3 is 29.5 Å². The smallest absolute Gasteiger partial charge is 0.341 e. The van der Waals surface area contributed by atoms with Crippen LogP contribution in [0.25, 0.3) is 22.4 Å². The van der Waals surface area contributed by atoms with E-state index in [2.05, 4.69) is 29.0 Å². The summed E-state index contributed by atoms with van der Waals surface area (Å²) < 4.78 is 13.0. The highest BCUT2D eigenvalue weighted by atomic mass is 32.1. The maximum atomic E-state index is 13.8. The Morgan fingerprint density at radius 1 is 1.07 bits per heavy atom. The zero-order chi connectivity index (χ0) is 32.0. The Morgan fingerprint density at radius 2 is 1.87 bits per heavy atom. The molecule has 0 unspecified atom stereocenters. The number of amides is 1. The Kier molecular flexibility index (Phi) is 9.68. The number of thiazole rings is 1. The van der Waals surface area contributed by atoms with Crippen molar-refractivity contribution in [1.82, 2.24) is 19.9 Å². The highest BCUT2D eigenvalue weighted by Crippen LogP contribution is 2.36. The lowest BCUT2D eigenvalue weighted by molar-refractivity contribution is -0.139. The molecule has 240 valence electrons. The van der Waals surface area contributed by atoms with Crippen LogP contribution in [0, 0.1) is 0 Å². The number of carbonyl (C=O) groups is 2. The second-order valence-corrected chi connectivity index (χ2v) is 13.0. The Labute approximate surface area is 271 Å². The predicted molar refractivity (Wildman–Crippen MR) is 179 cm³/mol. The Balaban J connectivity index is 1.25. The molecule has 6 rings (SSSR count). The number of benzene rings is 2. The van der Waals surface area contributed by atoms with Crippen molar-refractivity contribution in [2.45, 2.75) is 76.9 Å². The van der Waals surface area contributed by atoms with E-state index >= 15 is 0 Å². The summed E-state index contributed by atoms with van der Waals surface area (Å²) in [6.45, 7) is 3.74. The van der Waals surface area contributed by atoms with Crippen molar-refractivity contribution in [3.63, 3.8) is 0 Å². The van der Waals surface area contributed by atoms with Gasteiger partial charge in [-0.3, -0.25) is 4.79 Å². The summed E-state index contributed by atoms with van der Waals surface area (Å²) in [6.07, 6.45) is 10.4. The molecule has 0 saturated heterocycles. The van der Waals surface area contributed by atoms with Crippen LogP contribution in [0.4, 0.5) is 5.13 Å². The number of carboxylic acids is 1. The average Bonchev–Trinajstić information content (AvgIpc) is 3.81. The molecule has 0 bridgehead atoms. The van der Waals surface area contributed by atoms with E-state index in [4.69, 9.17) is 24.2 Å². The predicted octanol–water partition coefficient (Wildman–Crippen LogP) is 7.13. The van der Waals surface area contributed by atoms with Gasteiger partial charge in [-0.15, -0.1) is 11.3 Å². The van der Waals surface area contributed by atoms with Crippen LogP contribution in [-0.2, 0) is 17.6 Å². The SMILES string of the molecule is CC(C)Nc1nc(C[C@H](Cc2ccc(OCC(=O)O)cc2)NC(=O)c2ccc3c(c2)nc(-c2ccoc2)n3C2CCCCC2)cs1. The van der Waals surface area contributed by atoms with E-state index in [1.165, 1.54) is 19.3 Å². The van der Waals surface area contributed by atoms with Crippen molar-refractivity contribution < 1.29 is 23.8 Å². The van der Waals surface area contributed by atoms with Crippen LogP contribution < -0.4 is 15.4 Å². The van der Waals surface area contributed by atoms with E-state index in [0.717, 1.165) is 51.7 Å². The van der Waals surface area contributed by atoms with E-state index in [1.807, 2.05) is 41.8 Å². The van der Waals surface area contributed by atoms with Gasteiger partial charge in [-0.05, 0) is 75.1 Å². The third-order valence-corrected chi connectivity index (χ3v) is 9.02. The van der Waals surface area contributed by atoms with Crippen molar-refractivity contribution >= 4 is 39.4 Å². The molecule has 3 heterocycles. The van der Waals surface area contributed by atoms with Crippen LogP contribution in [-0.4, -0.2) is 50.2 Å². The summed E-state index contributed by atoms with van der Waals surface area (Å²) in [5.41, 5.74) is 5.16. The fourth-order valence-corrected chi connectivity index (χ4v) is 6.98. The standard InChI is InChI=1S/C35H39N5O5S/c1-22(2)36-35-38-27(21-46-35)18-26(16-23-8-11-29(12-9-23)45-20-32(41)42)37-34(43)24-10-13-31-30(17-24)39-33(25-14-15-44-19-25)40(31)28-6-4-3-5-7-28/h8-15,17,19,21-22,26,28H,3-7,16,18,20H2,1-2H3,(H,36,38)(H,37,43)(H,41,42)/t26-/m0/s1. The lowest BCUT2D eigenvalue weighted by Gasteiger charge is -2.25. The van der Waals surface area contributed by atoms with Crippen molar-refractivity contribution in [1.29, 1.82) is 0 Å². The molecule has 5 aromatic rings. The zero-order valence-electron chi connectivity index (χ0n) is 26.1. The molecule has 1 saturated carbocycles. The van der Waals surface area contributed by atoms with E-state index in [-0.39, 0.29) is 18.0 Å². The topological polar surface area (TPSA) is 132 Å². The van der Waals surface area contributed by atoms with Crippen LogP contribution in [0.1, 0.15) is 73.6 Å². The van der Waals surface area contributed by atoms with E-state index in [9.17, 15) is 9.59 Å². The van der Waals surface area contributed by atoms with Gasteiger partial charge in [0.15, 0.2) is 11.7 Å². The van der Waals surface area contributed by atoms with Gasteiger partial charge in [0.1, 0.15) is 17.8 Å². The minimum absolute atomic E-state index is 0.179. The highest BCUT2D eigenvalue weighted by Gasteiger charge is 2.24. The number of carbonyl (C=O) groups excluding carboxylic acids is 1. The minimum Gasteiger partial charge on any atom is -0.482 e. The minimum atomic E-state index is -1.03. The van der Waals surface area contributed by atoms with Crippen molar-refractivity contribution in [2.75, 3.05) is 11.9 Å². The summed E-state index contributed by atoms with van der Waals surface area (Å²) in [4.78, 5) is 34.4. The van der Waals surface area contributed by atoms with E-state index < -0.39 is 12.6 Å². The number of nitrogens with one attached hydrogen (secondary N) is 2. The molecule has 1 atom stereocenters. The monoisotopic (exact) mass is 641 g/mol. The number of hydrogen-bond donors (Lipinski definition) is 3. The van der Waals surface area contributed by atoms with Gasteiger partial charge in [0, 0.05) is 35.5 Å². The number of imidazole rings is 1. The molecule has 46 heavy (non-hydrogen) atoms. The van der Waals surface area contributed by atoms with E-state index in [0.29, 0.717) is 30.2 Å². The number of carboxylic acid groups (broad SMARTS) is 1. The second kappa shape index (κ2) is 14.2. The van der Waals surface area contributed by atoms with Crippen molar-refractivity contribution in [3.8, 4) is 17.1 Å². The molecule has 0 aliphatic heterocycles. The third kappa shape index (κ3) is 7.59. The number of furan rings is 1. The zero-order valence-corrected chi connectivity index (χ0v) is 26.9. The molecular weight excluding hydrogens is 602 g/mol. The van der Waals surface area contributed by atoms with Gasteiger partial charge in [0.2, 0.25) is 0 Å². The molecule has 3 N–H and O–H groups in total. The molecule has 2 aromatic carbocycles. The van der Waals surface area contributed by atoms with Gasteiger partial charge in [0.05, 0.1) is 28.6 Å². The van der Waals surface area contributed by atoms with Gasteiger partial charge >= 0.3 is 5.97 Å². The molecular formula is C35H39N5O5S. The van der Waals surface area contributed by atoms with Crippen molar-refractivity contribution in [2.24, 2.45) is 0 Å². The molecule has 0 spiro atoms. The van der Waals surface area contributed by atoms with Crippen molar-refractivity contribution in [3.05, 3.63) is 83.3 Å². The lowest BCUT2D eigenvalue weighted by Crippen LogP contribution is -2.38. The molecule has 10 nitrogen and oxygen atoms in total. The first kappa shape index (κ1) is 31.3. The number of aliphatic carboxylic acids is 1. The average molecular weight is 642 g/mol.